The fraction of sp³-hybridized carbons (Fsp3) is 0.250. The normalized spacial score (nSPS) is 14.2. The SMILES string of the molecule is Cc1cc(C)c2c(CC(=O)N/N=C3\CCCc4oc(C(=O)Nc5ccc(I)cc5)c(C)c43)coc2c1. The third-order valence-electron chi connectivity index (χ3n) is 6.39. The Balaban J connectivity index is 1.33. The Labute approximate surface area is 222 Å². The molecule has 2 aromatic heterocycles. The van der Waals surface area contributed by atoms with Crippen LogP contribution in [0.25, 0.3) is 11.0 Å². The first-order valence-electron chi connectivity index (χ1n) is 11.8. The van der Waals surface area contributed by atoms with Crippen molar-refractivity contribution in [2.24, 2.45) is 5.10 Å². The molecule has 184 valence electrons. The number of hydrogen-bond acceptors (Lipinski definition) is 5. The summed E-state index contributed by atoms with van der Waals surface area (Å²) in [6, 6.07) is 11.6. The number of rotatable bonds is 5. The number of benzene rings is 2. The highest BCUT2D eigenvalue weighted by atomic mass is 127. The lowest BCUT2D eigenvalue weighted by Gasteiger charge is -2.13. The molecule has 0 fully saturated rings. The summed E-state index contributed by atoms with van der Waals surface area (Å²) in [5, 5.41) is 8.31. The van der Waals surface area contributed by atoms with Gasteiger partial charge in [-0.3, -0.25) is 9.59 Å². The molecule has 1 aliphatic carbocycles. The number of nitrogens with zero attached hydrogens (tertiary/aromatic N) is 1. The molecule has 2 heterocycles. The van der Waals surface area contributed by atoms with E-state index in [1.165, 1.54) is 0 Å². The van der Waals surface area contributed by atoms with E-state index in [4.69, 9.17) is 8.83 Å². The number of aryl methyl sites for hydroxylation is 3. The molecule has 2 amide bonds. The molecule has 0 aliphatic heterocycles. The molecular weight excluding hydrogens is 569 g/mol. The van der Waals surface area contributed by atoms with Gasteiger partial charge in [0.05, 0.1) is 18.4 Å². The van der Waals surface area contributed by atoms with Gasteiger partial charge in [0.25, 0.3) is 5.91 Å². The second kappa shape index (κ2) is 9.93. The van der Waals surface area contributed by atoms with Gasteiger partial charge in [-0.2, -0.15) is 5.10 Å². The molecule has 2 aromatic carbocycles. The van der Waals surface area contributed by atoms with E-state index in [-0.39, 0.29) is 24.0 Å². The minimum Gasteiger partial charge on any atom is -0.464 e. The molecule has 1 aliphatic rings. The maximum Gasteiger partial charge on any atom is 0.291 e. The van der Waals surface area contributed by atoms with Crippen LogP contribution in [0.5, 0.6) is 0 Å². The molecule has 0 saturated carbocycles. The summed E-state index contributed by atoms with van der Waals surface area (Å²) < 4.78 is 12.7. The first-order chi connectivity index (χ1) is 17.3. The number of hydrogen-bond donors (Lipinski definition) is 2. The topological polar surface area (TPSA) is 96.8 Å². The average molecular weight is 595 g/mol. The average Bonchev–Trinajstić information content (AvgIpc) is 3.40. The Bertz CT molecular complexity index is 1510. The van der Waals surface area contributed by atoms with Gasteiger partial charge in [0, 0.05) is 37.8 Å². The lowest BCUT2D eigenvalue weighted by Crippen LogP contribution is -2.23. The van der Waals surface area contributed by atoms with Crippen LogP contribution in [0.3, 0.4) is 0 Å². The van der Waals surface area contributed by atoms with Gasteiger partial charge in [-0.15, -0.1) is 0 Å². The second-order valence-corrected chi connectivity index (χ2v) is 10.4. The Kier molecular flexibility index (Phi) is 6.70. The van der Waals surface area contributed by atoms with Gasteiger partial charge < -0.3 is 14.2 Å². The van der Waals surface area contributed by atoms with Crippen molar-refractivity contribution < 1.29 is 18.4 Å². The summed E-state index contributed by atoms with van der Waals surface area (Å²) in [6.07, 6.45) is 4.05. The quantitative estimate of drug-likeness (QED) is 0.212. The van der Waals surface area contributed by atoms with E-state index in [1.807, 2.05) is 51.1 Å². The minimum absolute atomic E-state index is 0.161. The molecule has 8 heteroatoms. The van der Waals surface area contributed by atoms with Crippen LogP contribution in [0.2, 0.25) is 0 Å². The summed E-state index contributed by atoms with van der Waals surface area (Å²) >= 11 is 2.22. The highest BCUT2D eigenvalue weighted by molar-refractivity contribution is 14.1. The zero-order valence-corrected chi connectivity index (χ0v) is 22.5. The second-order valence-electron chi connectivity index (χ2n) is 9.16. The number of nitrogens with one attached hydrogen (secondary N) is 2. The number of carbonyl (C=O) groups excluding carboxylic acids is 2. The van der Waals surface area contributed by atoms with Gasteiger partial charge >= 0.3 is 0 Å². The number of furan rings is 2. The van der Waals surface area contributed by atoms with Crippen molar-refractivity contribution in [1.82, 2.24) is 5.43 Å². The van der Waals surface area contributed by atoms with E-state index in [2.05, 4.69) is 44.5 Å². The summed E-state index contributed by atoms with van der Waals surface area (Å²) in [7, 11) is 0. The molecule has 0 spiro atoms. The van der Waals surface area contributed by atoms with Gasteiger partial charge in [-0.25, -0.2) is 5.43 Å². The van der Waals surface area contributed by atoms with Crippen LogP contribution in [-0.2, 0) is 17.6 Å². The summed E-state index contributed by atoms with van der Waals surface area (Å²) in [5.74, 6) is 0.473. The third kappa shape index (κ3) is 4.82. The van der Waals surface area contributed by atoms with Crippen LogP contribution >= 0.6 is 22.6 Å². The molecule has 36 heavy (non-hydrogen) atoms. The van der Waals surface area contributed by atoms with Gasteiger partial charge in [-0.05, 0) is 97.7 Å². The lowest BCUT2D eigenvalue weighted by atomic mass is 9.93. The van der Waals surface area contributed by atoms with Crippen molar-refractivity contribution in [2.45, 2.75) is 46.5 Å². The van der Waals surface area contributed by atoms with Crippen LogP contribution in [0.1, 0.15) is 57.0 Å². The maximum atomic E-state index is 12.9. The van der Waals surface area contributed by atoms with Crippen LogP contribution < -0.4 is 10.7 Å². The number of halogens is 1. The summed E-state index contributed by atoms with van der Waals surface area (Å²) in [4.78, 5) is 25.7. The predicted molar refractivity (Wildman–Crippen MR) is 148 cm³/mol. The Morgan fingerprint density at radius 2 is 1.86 bits per heavy atom. The van der Waals surface area contributed by atoms with E-state index in [1.54, 1.807) is 6.26 Å². The van der Waals surface area contributed by atoms with Crippen LogP contribution in [-0.4, -0.2) is 17.5 Å². The molecule has 0 bridgehead atoms. The standard InChI is InChI=1S/C28H26IN3O4/c1-15-11-16(2)25-18(14-35-23(25)12-15)13-24(33)32-31-21-5-4-6-22-26(21)17(3)27(36-22)28(34)30-20-9-7-19(29)8-10-20/h7-12,14H,4-6,13H2,1-3H3,(H,30,34)(H,32,33)/b31-21+. The van der Waals surface area contributed by atoms with Gasteiger partial charge in [0.15, 0.2) is 5.76 Å². The number of carbonyl (C=O) groups is 2. The highest BCUT2D eigenvalue weighted by Gasteiger charge is 2.28. The number of anilines is 1. The zero-order chi connectivity index (χ0) is 25.4. The molecule has 2 N–H and O–H groups in total. The zero-order valence-electron chi connectivity index (χ0n) is 20.3. The van der Waals surface area contributed by atoms with E-state index < -0.39 is 0 Å². The Hall–Kier alpha value is -3.40. The molecule has 0 atom stereocenters. The van der Waals surface area contributed by atoms with Gasteiger partial charge in [0.2, 0.25) is 5.91 Å². The monoisotopic (exact) mass is 595 g/mol. The van der Waals surface area contributed by atoms with Crippen molar-refractivity contribution >= 4 is 56.8 Å². The summed E-state index contributed by atoms with van der Waals surface area (Å²) in [5.41, 5.74) is 9.48. The Morgan fingerprint density at radius 3 is 2.64 bits per heavy atom. The molecular formula is C28H26IN3O4. The predicted octanol–water partition coefficient (Wildman–Crippen LogP) is 6.21. The number of fused-ring (bicyclic) bond motifs is 2. The van der Waals surface area contributed by atoms with Crippen molar-refractivity contribution in [3.8, 4) is 0 Å². The van der Waals surface area contributed by atoms with Crippen molar-refractivity contribution in [2.75, 3.05) is 5.32 Å². The molecule has 4 aromatic rings. The van der Waals surface area contributed by atoms with Crippen molar-refractivity contribution in [3.63, 3.8) is 0 Å². The van der Waals surface area contributed by atoms with E-state index in [0.717, 1.165) is 66.7 Å². The minimum atomic E-state index is -0.302. The first-order valence-corrected chi connectivity index (χ1v) is 12.9. The van der Waals surface area contributed by atoms with E-state index in [9.17, 15) is 9.59 Å². The van der Waals surface area contributed by atoms with E-state index in [0.29, 0.717) is 12.1 Å². The van der Waals surface area contributed by atoms with Crippen LogP contribution in [0.15, 0.2) is 56.6 Å². The largest absolute Gasteiger partial charge is 0.464 e. The van der Waals surface area contributed by atoms with Gasteiger partial charge in [0.1, 0.15) is 11.3 Å². The van der Waals surface area contributed by atoms with Crippen LogP contribution in [0.4, 0.5) is 5.69 Å². The van der Waals surface area contributed by atoms with E-state index >= 15 is 0 Å². The smallest absolute Gasteiger partial charge is 0.291 e. The Morgan fingerprint density at radius 1 is 1.08 bits per heavy atom. The van der Waals surface area contributed by atoms with Gasteiger partial charge in [-0.1, -0.05) is 6.07 Å². The maximum absolute atomic E-state index is 12.9. The molecule has 0 radical (unpaired) electrons. The molecule has 0 unspecified atom stereocenters. The fourth-order valence-electron chi connectivity index (χ4n) is 4.82. The van der Waals surface area contributed by atoms with Crippen molar-refractivity contribution in [3.05, 3.63) is 85.6 Å². The highest BCUT2D eigenvalue weighted by Crippen LogP contribution is 2.31. The first kappa shape index (κ1) is 24.3. The molecule has 7 nitrogen and oxygen atoms in total. The fourth-order valence-corrected chi connectivity index (χ4v) is 5.18. The molecule has 5 rings (SSSR count). The number of amides is 2. The molecule has 0 saturated heterocycles. The lowest BCUT2D eigenvalue weighted by molar-refractivity contribution is -0.120. The third-order valence-corrected chi connectivity index (χ3v) is 7.11. The number of hydrazone groups is 1. The summed E-state index contributed by atoms with van der Waals surface area (Å²) in [6.45, 7) is 5.89. The van der Waals surface area contributed by atoms with Crippen molar-refractivity contribution in [1.29, 1.82) is 0 Å². The van der Waals surface area contributed by atoms with Crippen LogP contribution in [0, 0.1) is 24.3 Å².